The number of benzene rings is 2. The maximum Gasteiger partial charge on any atom is 0.263 e. The van der Waals surface area contributed by atoms with Crippen LogP contribution >= 0.6 is 0 Å². The SMILES string of the molecule is COc1ccc(OC[C@H](C)NC(=O)[C@H]2CN(S(C)(=O)=O)c3ccccc3O2)cc1. The summed E-state index contributed by atoms with van der Waals surface area (Å²) in [5, 5.41) is 2.81. The average molecular weight is 420 g/mol. The van der Waals surface area contributed by atoms with E-state index in [2.05, 4.69) is 5.32 Å². The van der Waals surface area contributed by atoms with Gasteiger partial charge in [0.25, 0.3) is 5.91 Å². The standard InChI is InChI=1S/C20H24N2O6S/c1-14(13-27-16-10-8-15(26-2)9-11-16)21-20(23)19-12-22(29(3,24)25)17-6-4-5-7-18(17)28-19/h4-11,14,19H,12-13H2,1-3H3,(H,21,23)/t14-,19+/m0/s1. The normalized spacial score (nSPS) is 16.9. The number of carbonyl (C=O) groups is 1. The first-order valence-corrected chi connectivity index (χ1v) is 10.9. The summed E-state index contributed by atoms with van der Waals surface area (Å²) in [5.41, 5.74) is 0.426. The molecular formula is C20H24N2O6S. The molecule has 2 atom stereocenters. The summed E-state index contributed by atoms with van der Waals surface area (Å²) >= 11 is 0. The minimum atomic E-state index is -3.55. The highest BCUT2D eigenvalue weighted by Gasteiger charge is 2.35. The van der Waals surface area contributed by atoms with Gasteiger partial charge in [-0.2, -0.15) is 0 Å². The number of nitrogens with zero attached hydrogens (tertiary/aromatic N) is 1. The number of hydrogen-bond acceptors (Lipinski definition) is 6. The maximum atomic E-state index is 12.7. The van der Waals surface area contributed by atoms with E-state index in [1.54, 1.807) is 62.6 Å². The molecule has 2 aromatic carbocycles. The second-order valence-corrected chi connectivity index (χ2v) is 8.67. The van der Waals surface area contributed by atoms with Crippen molar-refractivity contribution < 1.29 is 27.4 Å². The molecule has 29 heavy (non-hydrogen) atoms. The van der Waals surface area contributed by atoms with Gasteiger partial charge in [0.05, 0.1) is 31.6 Å². The number of carbonyl (C=O) groups excluding carboxylic acids is 1. The fourth-order valence-corrected chi connectivity index (χ4v) is 3.84. The Balaban J connectivity index is 1.61. The number of sulfonamides is 1. The van der Waals surface area contributed by atoms with Crippen LogP contribution in [0, 0.1) is 0 Å². The Kier molecular flexibility index (Phi) is 6.17. The van der Waals surface area contributed by atoms with Gasteiger partial charge in [0.1, 0.15) is 23.9 Å². The number of hydrogen-bond donors (Lipinski definition) is 1. The fraction of sp³-hybridized carbons (Fsp3) is 0.350. The van der Waals surface area contributed by atoms with Gasteiger partial charge in [-0.15, -0.1) is 0 Å². The quantitative estimate of drug-likeness (QED) is 0.734. The van der Waals surface area contributed by atoms with Crippen molar-refractivity contribution in [3.05, 3.63) is 48.5 Å². The minimum absolute atomic E-state index is 0.0895. The predicted molar refractivity (Wildman–Crippen MR) is 109 cm³/mol. The molecule has 1 heterocycles. The van der Waals surface area contributed by atoms with Crippen LogP contribution in [-0.4, -0.2) is 53.0 Å². The second-order valence-electron chi connectivity index (χ2n) is 6.76. The van der Waals surface area contributed by atoms with E-state index in [0.29, 0.717) is 17.2 Å². The van der Waals surface area contributed by atoms with Gasteiger partial charge in [0.2, 0.25) is 10.0 Å². The fourth-order valence-electron chi connectivity index (χ4n) is 2.92. The highest BCUT2D eigenvalue weighted by molar-refractivity contribution is 7.92. The summed E-state index contributed by atoms with van der Waals surface area (Å²) < 4.78 is 42.0. The maximum absolute atomic E-state index is 12.7. The van der Waals surface area contributed by atoms with Crippen molar-refractivity contribution in [2.45, 2.75) is 19.1 Å². The average Bonchev–Trinajstić information content (AvgIpc) is 2.71. The second kappa shape index (κ2) is 8.60. The van der Waals surface area contributed by atoms with Crippen LogP contribution in [0.5, 0.6) is 17.2 Å². The zero-order chi connectivity index (χ0) is 21.0. The van der Waals surface area contributed by atoms with Crippen LogP contribution in [-0.2, 0) is 14.8 Å². The van der Waals surface area contributed by atoms with Crippen LogP contribution in [0.15, 0.2) is 48.5 Å². The largest absolute Gasteiger partial charge is 0.497 e. The summed E-state index contributed by atoms with van der Waals surface area (Å²) in [7, 11) is -1.96. The molecule has 0 saturated heterocycles. The molecule has 0 aliphatic carbocycles. The molecule has 3 rings (SSSR count). The molecule has 1 aliphatic rings. The van der Waals surface area contributed by atoms with E-state index in [1.165, 1.54) is 4.31 Å². The van der Waals surface area contributed by atoms with E-state index in [0.717, 1.165) is 12.0 Å². The third-order valence-electron chi connectivity index (χ3n) is 4.38. The molecule has 0 radical (unpaired) electrons. The van der Waals surface area contributed by atoms with Crippen LogP contribution in [0.1, 0.15) is 6.92 Å². The molecule has 0 unspecified atom stereocenters. The molecule has 8 nitrogen and oxygen atoms in total. The van der Waals surface area contributed by atoms with Crippen molar-refractivity contribution in [3.63, 3.8) is 0 Å². The van der Waals surface area contributed by atoms with E-state index in [9.17, 15) is 13.2 Å². The smallest absolute Gasteiger partial charge is 0.263 e. The monoisotopic (exact) mass is 420 g/mol. The first-order valence-electron chi connectivity index (χ1n) is 9.08. The molecule has 0 saturated carbocycles. The molecule has 1 aliphatic heterocycles. The van der Waals surface area contributed by atoms with Crippen molar-refractivity contribution in [2.24, 2.45) is 0 Å². The van der Waals surface area contributed by atoms with Gasteiger partial charge in [-0.3, -0.25) is 9.10 Å². The third-order valence-corrected chi connectivity index (χ3v) is 5.52. The molecule has 9 heteroatoms. The number of fused-ring (bicyclic) bond motifs is 1. The molecule has 1 N–H and O–H groups in total. The van der Waals surface area contributed by atoms with Crippen molar-refractivity contribution in [1.82, 2.24) is 5.32 Å². The van der Waals surface area contributed by atoms with Crippen molar-refractivity contribution in [1.29, 1.82) is 0 Å². The highest BCUT2D eigenvalue weighted by atomic mass is 32.2. The third kappa shape index (κ3) is 5.11. The van der Waals surface area contributed by atoms with Crippen LogP contribution in [0.25, 0.3) is 0 Å². The van der Waals surface area contributed by atoms with Gasteiger partial charge in [0.15, 0.2) is 6.10 Å². The van der Waals surface area contributed by atoms with Gasteiger partial charge < -0.3 is 19.5 Å². The Hall–Kier alpha value is -2.94. The summed E-state index contributed by atoms with van der Waals surface area (Å²) in [4.78, 5) is 12.7. The molecular weight excluding hydrogens is 396 g/mol. The highest BCUT2D eigenvalue weighted by Crippen LogP contribution is 2.34. The van der Waals surface area contributed by atoms with Gasteiger partial charge in [-0.25, -0.2) is 8.42 Å². The molecule has 156 valence electrons. The van der Waals surface area contributed by atoms with Crippen molar-refractivity contribution in [3.8, 4) is 17.2 Å². The number of methoxy groups -OCH3 is 1. The zero-order valence-electron chi connectivity index (χ0n) is 16.5. The Morgan fingerprint density at radius 1 is 1.21 bits per heavy atom. The molecule has 0 fully saturated rings. The number of anilines is 1. The van der Waals surface area contributed by atoms with Crippen LogP contribution in [0.4, 0.5) is 5.69 Å². The molecule has 1 amide bonds. The number of nitrogens with one attached hydrogen (secondary N) is 1. The lowest BCUT2D eigenvalue weighted by Crippen LogP contribution is -2.52. The minimum Gasteiger partial charge on any atom is -0.497 e. The van der Waals surface area contributed by atoms with E-state index in [-0.39, 0.29) is 19.2 Å². The Morgan fingerprint density at radius 2 is 1.86 bits per heavy atom. The van der Waals surface area contributed by atoms with E-state index < -0.39 is 22.0 Å². The predicted octanol–water partition coefficient (Wildman–Crippen LogP) is 1.81. The lowest BCUT2D eigenvalue weighted by atomic mass is 10.2. The Bertz CT molecular complexity index is 961. The van der Waals surface area contributed by atoms with E-state index >= 15 is 0 Å². The number of ether oxygens (including phenoxy) is 3. The van der Waals surface area contributed by atoms with Gasteiger partial charge >= 0.3 is 0 Å². The van der Waals surface area contributed by atoms with Crippen LogP contribution in [0.2, 0.25) is 0 Å². The number of rotatable bonds is 7. The summed E-state index contributed by atoms with van der Waals surface area (Å²) in [6.45, 7) is 1.96. The lowest BCUT2D eigenvalue weighted by molar-refractivity contribution is -0.128. The van der Waals surface area contributed by atoms with E-state index in [1.807, 2.05) is 0 Å². The summed E-state index contributed by atoms with van der Waals surface area (Å²) in [6.07, 6.45) is 0.151. The van der Waals surface area contributed by atoms with Crippen molar-refractivity contribution in [2.75, 3.05) is 30.8 Å². The van der Waals surface area contributed by atoms with Crippen LogP contribution < -0.4 is 23.8 Å². The number of para-hydroxylation sites is 2. The summed E-state index contributed by atoms with van der Waals surface area (Å²) in [5.74, 6) is 1.33. The van der Waals surface area contributed by atoms with Gasteiger partial charge in [0, 0.05) is 0 Å². The zero-order valence-corrected chi connectivity index (χ0v) is 17.3. The van der Waals surface area contributed by atoms with E-state index in [4.69, 9.17) is 14.2 Å². The Labute approximate surface area is 170 Å². The van der Waals surface area contributed by atoms with Crippen LogP contribution in [0.3, 0.4) is 0 Å². The molecule has 0 aromatic heterocycles. The molecule has 2 aromatic rings. The topological polar surface area (TPSA) is 94.2 Å². The molecule has 0 bridgehead atoms. The first kappa shape index (κ1) is 20.8. The number of amides is 1. The van der Waals surface area contributed by atoms with Gasteiger partial charge in [-0.05, 0) is 43.3 Å². The van der Waals surface area contributed by atoms with Gasteiger partial charge in [-0.1, -0.05) is 12.1 Å². The molecule has 0 spiro atoms. The first-order chi connectivity index (χ1) is 13.8. The Morgan fingerprint density at radius 3 is 2.52 bits per heavy atom. The summed E-state index contributed by atoms with van der Waals surface area (Å²) in [6, 6.07) is 13.6. The van der Waals surface area contributed by atoms with Crippen molar-refractivity contribution >= 4 is 21.6 Å². The lowest BCUT2D eigenvalue weighted by Gasteiger charge is -2.34.